The van der Waals surface area contributed by atoms with Crippen LogP contribution >= 0.6 is 0 Å². The van der Waals surface area contributed by atoms with Gasteiger partial charge in [0.1, 0.15) is 0 Å². The molecule has 0 spiro atoms. The number of para-hydroxylation sites is 1. The molecule has 2 N–H and O–H groups in total. The quantitative estimate of drug-likeness (QED) is 0.593. The fourth-order valence-corrected chi connectivity index (χ4v) is 4.35. The van der Waals surface area contributed by atoms with Crippen LogP contribution in [0.5, 0.6) is 0 Å². The molecular formula is C24H26N2O3S. The van der Waals surface area contributed by atoms with E-state index in [-0.39, 0.29) is 28.1 Å². The van der Waals surface area contributed by atoms with Crippen molar-refractivity contribution >= 4 is 21.6 Å². The van der Waals surface area contributed by atoms with Crippen molar-refractivity contribution in [3.05, 3.63) is 94.5 Å². The summed E-state index contributed by atoms with van der Waals surface area (Å²) < 4.78 is 28.1. The number of rotatable bonds is 6. The first-order chi connectivity index (χ1) is 14.2. The van der Waals surface area contributed by atoms with E-state index < -0.39 is 10.0 Å². The highest BCUT2D eigenvalue weighted by molar-refractivity contribution is 7.92. The van der Waals surface area contributed by atoms with Gasteiger partial charge >= 0.3 is 0 Å². The summed E-state index contributed by atoms with van der Waals surface area (Å²) in [7, 11) is -3.81. The summed E-state index contributed by atoms with van der Waals surface area (Å²) in [6.07, 6.45) is 0. The molecule has 0 aliphatic carbocycles. The Labute approximate surface area is 178 Å². The van der Waals surface area contributed by atoms with Gasteiger partial charge in [0.2, 0.25) is 0 Å². The van der Waals surface area contributed by atoms with E-state index in [1.54, 1.807) is 48.5 Å². The highest BCUT2D eigenvalue weighted by Crippen LogP contribution is 2.23. The molecule has 0 saturated heterocycles. The van der Waals surface area contributed by atoms with Crippen molar-refractivity contribution in [3.8, 4) is 0 Å². The Bertz CT molecular complexity index is 1170. The molecule has 1 amide bonds. The molecule has 3 rings (SSSR count). The maximum atomic E-state index is 13.0. The Morgan fingerprint density at radius 2 is 1.50 bits per heavy atom. The zero-order valence-corrected chi connectivity index (χ0v) is 18.4. The highest BCUT2D eigenvalue weighted by atomic mass is 32.2. The van der Waals surface area contributed by atoms with Gasteiger partial charge in [-0.15, -0.1) is 0 Å². The molecule has 5 nitrogen and oxygen atoms in total. The predicted molar refractivity (Wildman–Crippen MR) is 120 cm³/mol. The molecule has 0 heterocycles. The van der Waals surface area contributed by atoms with Crippen molar-refractivity contribution in [2.45, 2.75) is 38.6 Å². The lowest BCUT2D eigenvalue weighted by Crippen LogP contribution is -2.28. The van der Waals surface area contributed by atoms with E-state index in [0.29, 0.717) is 0 Å². The standard InChI is InChI=1S/C24H26N2O3S/c1-16-10-13-20(14-11-16)30(28,29)26-23-8-6-5-7-21(23)24(27)25-19(4)22-15-17(2)9-12-18(22)3/h5-15,19,26H,1-4H3,(H,25,27)/t19-/m1/s1. The minimum absolute atomic E-state index is 0.145. The largest absolute Gasteiger partial charge is 0.345 e. The molecule has 0 fully saturated rings. The van der Waals surface area contributed by atoms with Gasteiger partial charge in [-0.05, 0) is 63.1 Å². The summed E-state index contributed by atoms with van der Waals surface area (Å²) in [5.74, 6) is -0.342. The Morgan fingerprint density at radius 1 is 0.867 bits per heavy atom. The third-order valence-electron chi connectivity index (χ3n) is 5.00. The van der Waals surface area contributed by atoms with Crippen LogP contribution in [0.25, 0.3) is 0 Å². The number of nitrogens with one attached hydrogen (secondary N) is 2. The van der Waals surface area contributed by atoms with Crippen LogP contribution < -0.4 is 10.0 Å². The van der Waals surface area contributed by atoms with Crippen LogP contribution in [0, 0.1) is 20.8 Å². The van der Waals surface area contributed by atoms with E-state index in [4.69, 9.17) is 0 Å². The molecule has 3 aromatic carbocycles. The molecule has 0 saturated carbocycles. The molecule has 0 radical (unpaired) electrons. The molecule has 0 aliphatic heterocycles. The predicted octanol–water partition coefficient (Wildman–Crippen LogP) is 4.90. The minimum atomic E-state index is -3.81. The fraction of sp³-hybridized carbons (Fsp3) is 0.208. The van der Waals surface area contributed by atoms with Gasteiger partial charge in [0.15, 0.2) is 0 Å². The fourth-order valence-electron chi connectivity index (χ4n) is 3.27. The summed E-state index contributed by atoms with van der Waals surface area (Å²) in [6.45, 7) is 7.81. The maximum absolute atomic E-state index is 13.0. The van der Waals surface area contributed by atoms with E-state index in [9.17, 15) is 13.2 Å². The molecule has 156 valence electrons. The number of anilines is 1. The van der Waals surface area contributed by atoms with Crippen LogP contribution in [0.3, 0.4) is 0 Å². The average Bonchev–Trinajstić information content (AvgIpc) is 2.70. The second-order valence-electron chi connectivity index (χ2n) is 7.52. The number of benzene rings is 3. The van der Waals surface area contributed by atoms with Gasteiger partial charge in [-0.1, -0.05) is 53.6 Å². The molecule has 1 atom stereocenters. The molecule has 6 heteroatoms. The highest BCUT2D eigenvalue weighted by Gasteiger charge is 2.20. The SMILES string of the molecule is Cc1ccc(S(=O)(=O)Nc2ccccc2C(=O)N[C@H](C)c2cc(C)ccc2C)cc1. The van der Waals surface area contributed by atoms with Crippen molar-refractivity contribution in [3.63, 3.8) is 0 Å². The number of carbonyl (C=O) groups is 1. The lowest BCUT2D eigenvalue weighted by Gasteiger charge is -2.19. The number of hydrogen-bond acceptors (Lipinski definition) is 3. The van der Waals surface area contributed by atoms with Crippen LogP contribution in [0.4, 0.5) is 5.69 Å². The van der Waals surface area contributed by atoms with E-state index >= 15 is 0 Å². The molecular weight excluding hydrogens is 396 g/mol. The van der Waals surface area contributed by atoms with E-state index in [0.717, 1.165) is 22.3 Å². The van der Waals surface area contributed by atoms with Crippen LogP contribution in [-0.4, -0.2) is 14.3 Å². The van der Waals surface area contributed by atoms with Crippen molar-refractivity contribution < 1.29 is 13.2 Å². The molecule has 3 aromatic rings. The number of aryl methyl sites for hydroxylation is 3. The second kappa shape index (κ2) is 8.71. The molecule has 0 aliphatic rings. The van der Waals surface area contributed by atoms with Gasteiger partial charge in [-0.3, -0.25) is 9.52 Å². The Balaban J connectivity index is 1.85. The third kappa shape index (κ3) is 4.89. The Hall–Kier alpha value is -3.12. The lowest BCUT2D eigenvalue weighted by atomic mass is 9.99. The maximum Gasteiger partial charge on any atom is 0.261 e. The normalized spacial score (nSPS) is 12.3. The molecule has 0 unspecified atom stereocenters. The van der Waals surface area contributed by atoms with Gasteiger partial charge < -0.3 is 5.32 Å². The summed E-state index contributed by atoms with van der Waals surface area (Å²) in [5.41, 5.74) is 4.70. The smallest absolute Gasteiger partial charge is 0.261 e. The molecule has 0 bridgehead atoms. The zero-order chi connectivity index (χ0) is 21.9. The van der Waals surface area contributed by atoms with E-state index in [1.165, 1.54) is 0 Å². The monoisotopic (exact) mass is 422 g/mol. The zero-order valence-electron chi connectivity index (χ0n) is 17.6. The van der Waals surface area contributed by atoms with Crippen molar-refractivity contribution in [1.82, 2.24) is 5.32 Å². The third-order valence-corrected chi connectivity index (χ3v) is 6.38. The molecule has 30 heavy (non-hydrogen) atoms. The van der Waals surface area contributed by atoms with Crippen LogP contribution in [0.1, 0.15) is 45.6 Å². The van der Waals surface area contributed by atoms with Crippen molar-refractivity contribution in [1.29, 1.82) is 0 Å². The van der Waals surface area contributed by atoms with Crippen molar-refractivity contribution in [2.24, 2.45) is 0 Å². The topological polar surface area (TPSA) is 75.3 Å². The number of hydrogen-bond donors (Lipinski definition) is 2. The van der Waals surface area contributed by atoms with E-state index in [1.807, 2.05) is 45.9 Å². The lowest BCUT2D eigenvalue weighted by molar-refractivity contribution is 0.0940. The van der Waals surface area contributed by atoms with Gasteiger partial charge in [-0.25, -0.2) is 8.42 Å². The second-order valence-corrected chi connectivity index (χ2v) is 9.20. The number of carbonyl (C=O) groups excluding carboxylic acids is 1. The Kier molecular flexibility index (Phi) is 6.27. The first-order valence-electron chi connectivity index (χ1n) is 9.74. The van der Waals surface area contributed by atoms with E-state index in [2.05, 4.69) is 10.0 Å². The first kappa shape index (κ1) is 21.6. The Morgan fingerprint density at radius 3 is 2.20 bits per heavy atom. The molecule has 0 aromatic heterocycles. The summed E-state index contributed by atoms with van der Waals surface area (Å²) in [4.78, 5) is 13.1. The van der Waals surface area contributed by atoms with Gasteiger partial charge in [-0.2, -0.15) is 0 Å². The van der Waals surface area contributed by atoms with Gasteiger partial charge in [0.25, 0.3) is 15.9 Å². The summed E-state index contributed by atoms with van der Waals surface area (Å²) in [5, 5.41) is 2.98. The van der Waals surface area contributed by atoms with Crippen LogP contribution in [-0.2, 0) is 10.0 Å². The average molecular weight is 423 g/mol. The van der Waals surface area contributed by atoms with Crippen LogP contribution in [0.2, 0.25) is 0 Å². The number of amides is 1. The summed E-state index contributed by atoms with van der Waals surface area (Å²) in [6, 6.07) is 19.0. The van der Waals surface area contributed by atoms with Gasteiger partial charge in [0.05, 0.1) is 22.2 Å². The van der Waals surface area contributed by atoms with Crippen molar-refractivity contribution in [2.75, 3.05) is 4.72 Å². The number of sulfonamides is 1. The summed E-state index contributed by atoms with van der Waals surface area (Å²) >= 11 is 0. The van der Waals surface area contributed by atoms with Gasteiger partial charge in [0, 0.05) is 0 Å². The van der Waals surface area contributed by atoms with Crippen LogP contribution in [0.15, 0.2) is 71.6 Å². The first-order valence-corrected chi connectivity index (χ1v) is 11.2. The minimum Gasteiger partial charge on any atom is -0.345 e.